The van der Waals surface area contributed by atoms with Crippen LogP contribution in [0.15, 0.2) is 60.7 Å². The van der Waals surface area contributed by atoms with Gasteiger partial charge in [-0.25, -0.2) is 0 Å². The molecule has 0 unspecified atom stereocenters. The summed E-state index contributed by atoms with van der Waals surface area (Å²) in [5.41, 5.74) is 0.987. The van der Waals surface area contributed by atoms with Crippen LogP contribution in [0.5, 0.6) is 11.5 Å². The van der Waals surface area contributed by atoms with E-state index >= 15 is 0 Å². The number of ether oxygens (including phenoxy) is 2. The zero-order valence-electron chi connectivity index (χ0n) is 17.3. The Morgan fingerprint density at radius 1 is 1.00 bits per heavy atom. The summed E-state index contributed by atoms with van der Waals surface area (Å²) in [5.74, 6) is 1.26. The first-order valence-electron chi connectivity index (χ1n) is 10.3. The molecule has 1 aliphatic heterocycles. The van der Waals surface area contributed by atoms with Crippen molar-refractivity contribution in [2.45, 2.75) is 25.8 Å². The van der Waals surface area contributed by atoms with Gasteiger partial charge in [-0.3, -0.25) is 9.59 Å². The molecule has 30 heavy (non-hydrogen) atoms. The molecule has 6 nitrogen and oxygen atoms in total. The van der Waals surface area contributed by atoms with Gasteiger partial charge >= 0.3 is 0 Å². The number of piperidine rings is 1. The maximum Gasteiger partial charge on any atom is 0.260 e. The molecule has 1 heterocycles. The lowest BCUT2D eigenvalue weighted by Gasteiger charge is -2.32. The molecule has 0 saturated carbocycles. The van der Waals surface area contributed by atoms with Crippen LogP contribution in [0.1, 0.15) is 25.3 Å². The summed E-state index contributed by atoms with van der Waals surface area (Å²) in [6.07, 6.45) is 4.82. The predicted molar refractivity (Wildman–Crippen MR) is 116 cm³/mol. The lowest BCUT2D eigenvalue weighted by atomic mass is 10.0. The summed E-state index contributed by atoms with van der Waals surface area (Å²) < 4.78 is 11.0. The van der Waals surface area contributed by atoms with Crippen LogP contribution in [0.3, 0.4) is 0 Å². The molecule has 0 bridgehead atoms. The molecule has 6 heteroatoms. The van der Waals surface area contributed by atoms with Gasteiger partial charge < -0.3 is 19.7 Å². The van der Waals surface area contributed by atoms with E-state index in [0.29, 0.717) is 25.4 Å². The summed E-state index contributed by atoms with van der Waals surface area (Å²) in [4.78, 5) is 26.3. The Balaban J connectivity index is 1.37. The first-order valence-corrected chi connectivity index (χ1v) is 10.3. The number of carbonyl (C=O) groups is 2. The van der Waals surface area contributed by atoms with E-state index in [4.69, 9.17) is 9.47 Å². The normalized spacial score (nSPS) is 14.5. The minimum Gasteiger partial charge on any atom is -0.494 e. The summed E-state index contributed by atoms with van der Waals surface area (Å²) in [5, 5.41) is 3.02. The molecule has 1 aliphatic rings. The molecule has 2 amide bonds. The number of hydrogen-bond donors (Lipinski definition) is 1. The molecule has 1 saturated heterocycles. The van der Waals surface area contributed by atoms with Crippen molar-refractivity contribution in [2.75, 3.05) is 26.3 Å². The third-order valence-electron chi connectivity index (χ3n) is 4.92. The summed E-state index contributed by atoms with van der Waals surface area (Å²) >= 11 is 0. The van der Waals surface area contributed by atoms with Crippen molar-refractivity contribution in [3.05, 3.63) is 66.2 Å². The van der Waals surface area contributed by atoms with Gasteiger partial charge in [0.15, 0.2) is 6.61 Å². The molecular formula is C24H28N2O4. The fourth-order valence-corrected chi connectivity index (χ4v) is 3.29. The van der Waals surface area contributed by atoms with Gasteiger partial charge in [0.1, 0.15) is 11.5 Å². The maximum atomic E-state index is 12.4. The highest BCUT2D eigenvalue weighted by molar-refractivity contribution is 5.91. The van der Waals surface area contributed by atoms with E-state index in [1.807, 2.05) is 49.4 Å². The largest absolute Gasteiger partial charge is 0.494 e. The Hall–Kier alpha value is -3.28. The first-order chi connectivity index (χ1) is 14.6. The smallest absolute Gasteiger partial charge is 0.260 e. The number of nitrogens with zero attached hydrogens (tertiary/aromatic N) is 1. The van der Waals surface area contributed by atoms with Crippen LogP contribution in [0.2, 0.25) is 0 Å². The second kappa shape index (κ2) is 11.0. The van der Waals surface area contributed by atoms with Gasteiger partial charge in [-0.1, -0.05) is 30.3 Å². The molecule has 1 fully saturated rings. The van der Waals surface area contributed by atoms with Crippen molar-refractivity contribution in [2.24, 2.45) is 0 Å². The molecule has 0 aromatic heterocycles. The van der Waals surface area contributed by atoms with Gasteiger partial charge in [-0.2, -0.15) is 0 Å². The lowest BCUT2D eigenvalue weighted by molar-refractivity contribution is -0.134. The molecule has 0 spiro atoms. The quantitative estimate of drug-likeness (QED) is 0.681. The van der Waals surface area contributed by atoms with E-state index in [1.54, 1.807) is 29.2 Å². The number of hydrogen-bond acceptors (Lipinski definition) is 4. The SMILES string of the molecule is CCOc1ccc(OCC(=O)N2CCC(NC(=O)/C=C/c3ccccc3)CC2)cc1. The number of benzene rings is 2. The van der Waals surface area contributed by atoms with Crippen LogP contribution < -0.4 is 14.8 Å². The molecule has 158 valence electrons. The van der Waals surface area contributed by atoms with Crippen LogP contribution in [0.25, 0.3) is 6.08 Å². The molecule has 3 rings (SSSR count). The van der Waals surface area contributed by atoms with Crippen LogP contribution in [0.4, 0.5) is 0 Å². The predicted octanol–water partition coefficient (Wildman–Crippen LogP) is 3.28. The summed E-state index contributed by atoms with van der Waals surface area (Å²) in [6.45, 7) is 3.76. The molecular weight excluding hydrogens is 380 g/mol. The van der Waals surface area contributed by atoms with Gasteiger partial charge in [-0.15, -0.1) is 0 Å². The molecule has 0 atom stereocenters. The highest BCUT2D eigenvalue weighted by Crippen LogP contribution is 2.18. The minimum absolute atomic E-state index is 0.00478. The van der Waals surface area contributed by atoms with Gasteiger partial charge in [0.05, 0.1) is 6.61 Å². The monoisotopic (exact) mass is 408 g/mol. The Kier molecular flexibility index (Phi) is 7.89. The maximum absolute atomic E-state index is 12.4. The van der Waals surface area contributed by atoms with E-state index in [2.05, 4.69) is 5.32 Å². The highest BCUT2D eigenvalue weighted by Gasteiger charge is 2.23. The van der Waals surface area contributed by atoms with Crippen molar-refractivity contribution in [1.82, 2.24) is 10.2 Å². The fraction of sp³-hybridized carbons (Fsp3) is 0.333. The van der Waals surface area contributed by atoms with Crippen molar-refractivity contribution in [1.29, 1.82) is 0 Å². The Morgan fingerprint density at radius 3 is 2.27 bits per heavy atom. The zero-order chi connectivity index (χ0) is 21.2. The van der Waals surface area contributed by atoms with Crippen LogP contribution in [0, 0.1) is 0 Å². The second-order valence-electron chi connectivity index (χ2n) is 7.10. The first kappa shape index (κ1) is 21.4. The topological polar surface area (TPSA) is 67.9 Å². The van der Waals surface area contributed by atoms with E-state index in [0.717, 1.165) is 24.2 Å². The average Bonchev–Trinajstić information content (AvgIpc) is 2.78. The Bertz CT molecular complexity index is 841. The van der Waals surface area contributed by atoms with Gasteiger partial charge in [0.2, 0.25) is 5.91 Å². The third kappa shape index (κ3) is 6.65. The van der Waals surface area contributed by atoms with E-state index < -0.39 is 0 Å². The molecule has 1 N–H and O–H groups in total. The Morgan fingerprint density at radius 2 is 1.63 bits per heavy atom. The van der Waals surface area contributed by atoms with Crippen LogP contribution >= 0.6 is 0 Å². The van der Waals surface area contributed by atoms with Crippen molar-refractivity contribution >= 4 is 17.9 Å². The van der Waals surface area contributed by atoms with E-state index in [1.165, 1.54) is 0 Å². The molecule has 0 aliphatic carbocycles. The second-order valence-corrected chi connectivity index (χ2v) is 7.10. The fourth-order valence-electron chi connectivity index (χ4n) is 3.29. The Labute approximate surface area is 177 Å². The van der Waals surface area contributed by atoms with E-state index in [9.17, 15) is 9.59 Å². The third-order valence-corrected chi connectivity index (χ3v) is 4.92. The highest BCUT2D eigenvalue weighted by atomic mass is 16.5. The van der Waals surface area contributed by atoms with Crippen LogP contribution in [-0.4, -0.2) is 49.1 Å². The molecule has 2 aromatic carbocycles. The van der Waals surface area contributed by atoms with Gasteiger partial charge in [-0.05, 0) is 55.7 Å². The van der Waals surface area contributed by atoms with Gasteiger partial charge in [0.25, 0.3) is 5.91 Å². The summed E-state index contributed by atoms with van der Waals surface area (Å²) in [6, 6.07) is 17.0. The van der Waals surface area contributed by atoms with Crippen molar-refractivity contribution in [3.63, 3.8) is 0 Å². The molecule has 0 radical (unpaired) electrons. The minimum atomic E-state index is -0.109. The van der Waals surface area contributed by atoms with Crippen molar-refractivity contribution < 1.29 is 19.1 Å². The number of rotatable bonds is 8. The number of nitrogens with one attached hydrogen (secondary N) is 1. The van der Waals surface area contributed by atoms with Crippen molar-refractivity contribution in [3.8, 4) is 11.5 Å². The number of carbonyl (C=O) groups excluding carboxylic acids is 2. The van der Waals surface area contributed by atoms with E-state index in [-0.39, 0.29) is 24.5 Å². The summed E-state index contributed by atoms with van der Waals surface area (Å²) in [7, 11) is 0. The number of amides is 2. The lowest BCUT2D eigenvalue weighted by Crippen LogP contribution is -2.47. The zero-order valence-corrected chi connectivity index (χ0v) is 17.3. The standard InChI is InChI=1S/C24H28N2O4/c1-2-29-21-9-11-22(12-10-21)30-18-24(28)26-16-14-20(15-17-26)25-23(27)13-8-19-6-4-3-5-7-19/h3-13,20H,2,14-18H2,1H3,(H,25,27)/b13-8+. The van der Waals surface area contributed by atoms with Gasteiger partial charge in [0, 0.05) is 25.2 Å². The van der Waals surface area contributed by atoms with Crippen LogP contribution in [-0.2, 0) is 9.59 Å². The number of likely N-dealkylation sites (tertiary alicyclic amines) is 1. The molecule has 2 aromatic rings. The average molecular weight is 408 g/mol.